The molecule has 0 bridgehead atoms. The van der Waals surface area contributed by atoms with Crippen molar-refractivity contribution in [3.05, 3.63) is 251 Å². The van der Waals surface area contributed by atoms with Crippen LogP contribution in [0.3, 0.4) is 0 Å². The summed E-state index contributed by atoms with van der Waals surface area (Å²) in [6.07, 6.45) is 0. The maximum absolute atomic E-state index is 10.1. The highest BCUT2D eigenvalue weighted by atomic mass is 15.2. The minimum atomic E-state index is -0.729. The lowest BCUT2D eigenvalue weighted by Crippen LogP contribution is -2.28. The average molecular weight is 1050 g/mol. The van der Waals surface area contributed by atoms with Crippen LogP contribution in [0, 0.1) is 22.7 Å². The topological polar surface area (TPSA) is 63.9 Å². The Morgan fingerprint density at radius 1 is 0.358 bits per heavy atom. The number of nitriles is 2. The molecule has 2 aliphatic rings. The van der Waals surface area contributed by atoms with E-state index in [9.17, 15) is 10.5 Å². The van der Waals surface area contributed by atoms with E-state index in [0.29, 0.717) is 11.1 Å². The Labute approximate surface area is 474 Å². The predicted octanol–water partition coefficient (Wildman–Crippen LogP) is 19.6. The molecule has 0 aliphatic heterocycles. The maximum Gasteiger partial charge on any atom is 0.0991 e. The summed E-state index contributed by atoms with van der Waals surface area (Å²) in [6.45, 7) is 20.0. The molecule has 2 heterocycles. The van der Waals surface area contributed by atoms with Crippen molar-refractivity contribution in [2.24, 2.45) is 0 Å². The first kappa shape index (κ1) is 49.7. The van der Waals surface area contributed by atoms with Crippen LogP contribution in [-0.2, 0) is 29.3 Å². The van der Waals surface area contributed by atoms with Crippen molar-refractivity contribution in [2.75, 3.05) is 9.80 Å². The van der Waals surface area contributed by atoms with Crippen LogP contribution in [-0.4, -0.2) is 9.13 Å². The second-order valence-electron chi connectivity index (χ2n) is 24.2. The fourth-order valence-corrected chi connectivity index (χ4v) is 13.7. The molecule has 12 aromatic rings. The van der Waals surface area contributed by atoms with Crippen LogP contribution in [0.4, 0.5) is 34.1 Å². The molecule has 0 amide bonds. The number of hydrogen-bond acceptors (Lipinski definition) is 4. The van der Waals surface area contributed by atoms with E-state index in [0.717, 1.165) is 90.8 Å². The molecule has 10 aromatic carbocycles. The standard InChI is InChI=1S/C75H62N6/c1-9-78-69-33-21-47(45-76)37-61(69)63-41-53(27-35-71(63)78)80(51-17-13-11-14-18-51)55-25-31-59-60-32-26-56(81(52-19-15-12-16-20-52)54-28-36-72-64(42-54)62-38-48(46-77)22-34-70(62)79(72)10-2)44-68(60)75(67(59)43-55)65-39-49(73(3,4)5)23-29-57(65)58-30-24-50(40-66(58)75)74(6,7)8/h11-44H,9-10H2,1-8H3. The van der Waals surface area contributed by atoms with Crippen LogP contribution in [0.25, 0.3) is 65.9 Å². The molecule has 0 N–H and O–H groups in total. The van der Waals surface area contributed by atoms with Crippen molar-refractivity contribution >= 4 is 77.7 Å². The molecule has 81 heavy (non-hydrogen) atoms. The molecule has 6 nitrogen and oxygen atoms in total. The molecule has 0 fully saturated rings. The van der Waals surface area contributed by atoms with Gasteiger partial charge in [0, 0.05) is 90.8 Å². The molecule has 0 unspecified atom stereocenters. The first-order valence-corrected chi connectivity index (χ1v) is 28.5. The largest absolute Gasteiger partial charge is 0.341 e. The van der Waals surface area contributed by atoms with Crippen LogP contribution >= 0.6 is 0 Å². The van der Waals surface area contributed by atoms with Gasteiger partial charge in [0.25, 0.3) is 0 Å². The van der Waals surface area contributed by atoms with E-state index in [1.165, 1.54) is 55.6 Å². The number of nitrogens with zero attached hydrogens (tertiary/aromatic N) is 6. The monoisotopic (exact) mass is 1050 g/mol. The van der Waals surface area contributed by atoms with Gasteiger partial charge in [0.15, 0.2) is 0 Å². The summed E-state index contributed by atoms with van der Waals surface area (Å²) in [5.41, 5.74) is 23.8. The molecule has 2 aromatic heterocycles. The van der Waals surface area contributed by atoms with E-state index in [4.69, 9.17) is 0 Å². The van der Waals surface area contributed by atoms with Crippen LogP contribution in [0.2, 0.25) is 0 Å². The van der Waals surface area contributed by atoms with Crippen molar-refractivity contribution in [2.45, 2.75) is 84.7 Å². The molecular weight excluding hydrogens is 985 g/mol. The summed E-state index contributed by atoms with van der Waals surface area (Å²) in [4.78, 5) is 4.84. The van der Waals surface area contributed by atoms with Gasteiger partial charge in [-0.05, 0) is 202 Å². The quantitative estimate of drug-likeness (QED) is 0.152. The summed E-state index contributed by atoms with van der Waals surface area (Å²) in [5, 5.41) is 24.6. The molecule has 0 saturated carbocycles. The van der Waals surface area contributed by atoms with E-state index in [1.807, 2.05) is 24.3 Å². The van der Waals surface area contributed by atoms with Crippen LogP contribution in [0.5, 0.6) is 0 Å². The summed E-state index contributed by atoms with van der Waals surface area (Å²) >= 11 is 0. The van der Waals surface area contributed by atoms with Crippen molar-refractivity contribution in [1.82, 2.24) is 9.13 Å². The van der Waals surface area contributed by atoms with Crippen LogP contribution < -0.4 is 9.80 Å². The van der Waals surface area contributed by atoms with Gasteiger partial charge in [0.2, 0.25) is 0 Å². The van der Waals surface area contributed by atoms with E-state index < -0.39 is 5.41 Å². The van der Waals surface area contributed by atoms with E-state index >= 15 is 0 Å². The highest BCUT2D eigenvalue weighted by Gasteiger charge is 2.53. The first-order chi connectivity index (χ1) is 39.2. The second kappa shape index (κ2) is 18.2. The number of aromatic nitrogens is 2. The molecule has 392 valence electrons. The number of anilines is 6. The SMILES string of the molecule is CCn1c2ccc(C#N)cc2c2cc(N(c3ccccc3)c3ccc4c(c3)C3(c5cc(N(c6ccccc6)c6ccc7c(c6)c6cc(C#N)ccc6n7CC)ccc5-4)c4cc(C(C)(C)C)ccc4-c4ccc(C(C)(C)C)cc43)ccc21. The lowest BCUT2D eigenvalue weighted by molar-refractivity contribution is 0.586. The summed E-state index contributed by atoms with van der Waals surface area (Å²) < 4.78 is 4.71. The number of para-hydroxylation sites is 2. The lowest BCUT2D eigenvalue weighted by atomic mass is 9.68. The highest BCUT2D eigenvalue weighted by Crippen LogP contribution is 2.65. The third-order valence-corrected chi connectivity index (χ3v) is 17.6. The Hall–Kier alpha value is -9.62. The van der Waals surface area contributed by atoms with Gasteiger partial charge >= 0.3 is 0 Å². The molecule has 2 aliphatic carbocycles. The van der Waals surface area contributed by atoms with Crippen molar-refractivity contribution in [3.8, 4) is 34.4 Å². The zero-order valence-corrected chi connectivity index (χ0v) is 47.2. The van der Waals surface area contributed by atoms with Gasteiger partial charge in [-0.25, -0.2) is 0 Å². The Morgan fingerprint density at radius 2 is 0.679 bits per heavy atom. The number of benzene rings is 10. The molecule has 1 spiro atoms. The van der Waals surface area contributed by atoms with Crippen molar-refractivity contribution in [1.29, 1.82) is 10.5 Å². The van der Waals surface area contributed by atoms with Gasteiger partial charge in [-0.3, -0.25) is 0 Å². The molecule has 0 saturated heterocycles. The zero-order valence-electron chi connectivity index (χ0n) is 47.2. The number of aryl methyl sites for hydroxylation is 2. The summed E-state index contributed by atoms with van der Waals surface area (Å²) in [5.74, 6) is 0. The zero-order chi connectivity index (χ0) is 55.7. The van der Waals surface area contributed by atoms with Gasteiger partial charge < -0.3 is 18.9 Å². The molecule has 14 rings (SSSR count). The van der Waals surface area contributed by atoms with Crippen molar-refractivity contribution < 1.29 is 0 Å². The van der Waals surface area contributed by atoms with E-state index in [2.05, 4.69) is 268 Å². The van der Waals surface area contributed by atoms with Crippen LogP contribution in [0.1, 0.15) is 99.9 Å². The Kier molecular flexibility index (Phi) is 11.2. The molecule has 0 atom stereocenters. The second-order valence-corrected chi connectivity index (χ2v) is 24.2. The molecule has 6 heteroatoms. The Bertz CT molecular complexity index is 4360. The van der Waals surface area contributed by atoms with Gasteiger partial charge in [0.1, 0.15) is 0 Å². The third-order valence-electron chi connectivity index (χ3n) is 17.6. The Balaban J connectivity index is 1.05. The predicted molar refractivity (Wildman–Crippen MR) is 336 cm³/mol. The van der Waals surface area contributed by atoms with Gasteiger partial charge in [-0.2, -0.15) is 10.5 Å². The van der Waals surface area contributed by atoms with E-state index in [1.54, 1.807) is 0 Å². The van der Waals surface area contributed by atoms with E-state index in [-0.39, 0.29) is 10.8 Å². The average Bonchev–Trinajstić information content (AvgIpc) is 2.89. The first-order valence-electron chi connectivity index (χ1n) is 28.5. The maximum atomic E-state index is 10.1. The smallest absolute Gasteiger partial charge is 0.0991 e. The minimum Gasteiger partial charge on any atom is -0.341 e. The molecule has 0 radical (unpaired) electrons. The minimum absolute atomic E-state index is 0.120. The highest BCUT2D eigenvalue weighted by molar-refractivity contribution is 6.11. The fraction of sp³-hybridized carbons (Fsp3) is 0.173. The number of fused-ring (bicyclic) bond motifs is 16. The van der Waals surface area contributed by atoms with Gasteiger partial charge in [-0.15, -0.1) is 0 Å². The summed E-state index contributed by atoms with van der Waals surface area (Å²) in [6, 6.07) is 81.2. The Morgan fingerprint density at radius 3 is 1.04 bits per heavy atom. The molecular formula is C75H62N6. The van der Waals surface area contributed by atoms with Gasteiger partial charge in [0.05, 0.1) is 28.7 Å². The lowest BCUT2D eigenvalue weighted by Gasteiger charge is -2.34. The third kappa shape index (κ3) is 7.44. The van der Waals surface area contributed by atoms with Crippen molar-refractivity contribution in [3.63, 3.8) is 0 Å². The van der Waals surface area contributed by atoms with Gasteiger partial charge in [-0.1, -0.05) is 126 Å². The normalized spacial score (nSPS) is 13.1. The summed E-state index contributed by atoms with van der Waals surface area (Å²) in [7, 11) is 0. The number of rotatable bonds is 8. The number of hydrogen-bond donors (Lipinski definition) is 0. The van der Waals surface area contributed by atoms with Crippen LogP contribution in [0.15, 0.2) is 206 Å². The fourth-order valence-electron chi connectivity index (χ4n) is 13.7.